The van der Waals surface area contributed by atoms with Crippen LogP contribution in [0.2, 0.25) is 0 Å². The molecule has 0 radical (unpaired) electrons. The standard InChI is InChI=1S/C34H53NO5/c1-21(36)40-26-12-13-32(6)25(29(26,2)3)11-14-34(8)27(32)24(37)19-22-23-20-31(5,28(38)35(9)39-10)16-15-30(23,4)17-18-33(22,34)7/h19,23,25-27H,11-18,20H2,1-10H3/t23-,25?,26+,27+,30+,31-,32-,33+,34+/m0/s1. The summed E-state index contributed by atoms with van der Waals surface area (Å²) in [7, 11) is 3.26. The minimum Gasteiger partial charge on any atom is -0.462 e. The fourth-order valence-electron chi connectivity index (χ4n) is 11.2. The van der Waals surface area contributed by atoms with Crippen molar-refractivity contribution in [1.82, 2.24) is 5.06 Å². The van der Waals surface area contributed by atoms with E-state index in [1.807, 2.05) is 0 Å². The average Bonchev–Trinajstić information content (AvgIpc) is 2.87. The van der Waals surface area contributed by atoms with Crippen LogP contribution in [0.15, 0.2) is 11.6 Å². The second kappa shape index (κ2) is 9.15. The summed E-state index contributed by atoms with van der Waals surface area (Å²) < 4.78 is 5.85. The van der Waals surface area contributed by atoms with Crippen molar-refractivity contribution < 1.29 is 24.0 Å². The Morgan fingerprint density at radius 3 is 2.20 bits per heavy atom. The summed E-state index contributed by atoms with van der Waals surface area (Å²) in [4.78, 5) is 45.3. The van der Waals surface area contributed by atoms with Crippen LogP contribution in [-0.4, -0.2) is 43.0 Å². The Labute approximate surface area is 241 Å². The molecule has 1 amide bonds. The van der Waals surface area contributed by atoms with Gasteiger partial charge in [0.15, 0.2) is 5.78 Å². The molecule has 0 aromatic carbocycles. The van der Waals surface area contributed by atoms with Crippen LogP contribution in [0.1, 0.15) is 113 Å². The third-order valence-electron chi connectivity index (χ3n) is 13.9. The fourth-order valence-corrected chi connectivity index (χ4v) is 11.2. The van der Waals surface area contributed by atoms with E-state index < -0.39 is 5.41 Å². The number of amides is 1. The van der Waals surface area contributed by atoms with Crippen LogP contribution in [0, 0.1) is 50.2 Å². The van der Waals surface area contributed by atoms with Crippen molar-refractivity contribution in [3.05, 3.63) is 11.6 Å². The van der Waals surface area contributed by atoms with Crippen LogP contribution in [0.25, 0.3) is 0 Å². The topological polar surface area (TPSA) is 72.9 Å². The molecule has 9 atom stereocenters. The molecule has 5 rings (SSSR count). The van der Waals surface area contributed by atoms with Gasteiger partial charge in [0.2, 0.25) is 0 Å². The summed E-state index contributed by atoms with van der Waals surface area (Å²) in [6.07, 6.45) is 10.6. The molecule has 5 aliphatic carbocycles. The van der Waals surface area contributed by atoms with Gasteiger partial charge in [0, 0.05) is 30.7 Å². The van der Waals surface area contributed by atoms with Gasteiger partial charge in [-0.3, -0.25) is 19.2 Å². The smallest absolute Gasteiger partial charge is 0.302 e. The maximum absolute atomic E-state index is 14.5. The average molecular weight is 556 g/mol. The molecule has 4 saturated carbocycles. The lowest BCUT2D eigenvalue weighted by Gasteiger charge is -2.70. The SMILES string of the molecule is CON(C)C(=O)[C@@]1(C)CC[C@]2(C)CC[C@]3(C)C(=CC(=O)[C@@H]4[C@@]5(C)CC[C@@H](OC(C)=O)C(C)(C)C5CC[C@]43C)[C@@H]2C1. The van der Waals surface area contributed by atoms with E-state index in [-0.39, 0.29) is 56.9 Å². The first kappa shape index (κ1) is 29.8. The molecule has 6 nitrogen and oxygen atoms in total. The molecule has 0 aliphatic heterocycles. The Bertz CT molecular complexity index is 1140. The molecule has 0 N–H and O–H groups in total. The summed E-state index contributed by atoms with van der Waals surface area (Å²) in [5.41, 5.74) is 0.354. The van der Waals surface area contributed by atoms with Gasteiger partial charge in [-0.05, 0) is 97.4 Å². The number of rotatable bonds is 3. The maximum atomic E-state index is 14.5. The summed E-state index contributed by atoms with van der Waals surface area (Å²) in [6.45, 7) is 17.8. The second-order valence-electron chi connectivity index (χ2n) is 16.2. The van der Waals surface area contributed by atoms with Gasteiger partial charge in [-0.1, -0.05) is 54.0 Å². The first-order valence-corrected chi connectivity index (χ1v) is 15.7. The van der Waals surface area contributed by atoms with Crippen LogP contribution in [0.3, 0.4) is 0 Å². The lowest BCUT2D eigenvalue weighted by Crippen LogP contribution is -2.66. The van der Waals surface area contributed by atoms with Gasteiger partial charge in [-0.2, -0.15) is 0 Å². The molecule has 0 aromatic heterocycles. The molecule has 1 unspecified atom stereocenters. The van der Waals surface area contributed by atoms with Crippen molar-refractivity contribution in [2.45, 2.75) is 119 Å². The van der Waals surface area contributed by atoms with Crippen molar-refractivity contribution in [2.24, 2.45) is 50.2 Å². The highest BCUT2D eigenvalue weighted by Gasteiger charge is 2.70. The molecule has 0 aromatic rings. The van der Waals surface area contributed by atoms with E-state index in [0.29, 0.717) is 11.7 Å². The lowest BCUT2D eigenvalue weighted by molar-refractivity contribution is -0.211. The molecule has 224 valence electrons. The van der Waals surface area contributed by atoms with Crippen molar-refractivity contribution in [2.75, 3.05) is 14.2 Å². The Kier molecular flexibility index (Phi) is 6.82. The minimum absolute atomic E-state index is 0.0379. The molecule has 0 heterocycles. The Morgan fingerprint density at radius 1 is 0.925 bits per heavy atom. The minimum atomic E-state index is -0.502. The molecule has 6 heteroatoms. The number of carbonyl (C=O) groups excluding carboxylic acids is 3. The van der Waals surface area contributed by atoms with Gasteiger partial charge < -0.3 is 4.74 Å². The largest absolute Gasteiger partial charge is 0.462 e. The van der Waals surface area contributed by atoms with Gasteiger partial charge >= 0.3 is 5.97 Å². The highest BCUT2D eigenvalue weighted by Crippen LogP contribution is 2.75. The zero-order chi connectivity index (χ0) is 29.7. The quantitative estimate of drug-likeness (QED) is 0.279. The number of carbonyl (C=O) groups is 3. The van der Waals surface area contributed by atoms with E-state index in [0.717, 1.165) is 57.8 Å². The highest BCUT2D eigenvalue weighted by atomic mass is 16.7. The zero-order valence-corrected chi connectivity index (χ0v) is 26.7. The van der Waals surface area contributed by atoms with Crippen LogP contribution < -0.4 is 0 Å². The first-order valence-electron chi connectivity index (χ1n) is 15.7. The van der Waals surface area contributed by atoms with E-state index >= 15 is 0 Å². The van der Waals surface area contributed by atoms with E-state index in [2.05, 4.69) is 54.5 Å². The van der Waals surface area contributed by atoms with Gasteiger partial charge in [0.1, 0.15) is 6.10 Å². The number of hydrogen-bond acceptors (Lipinski definition) is 5. The number of allylic oxidation sites excluding steroid dienone is 2. The lowest BCUT2D eigenvalue weighted by atomic mass is 9.33. The van der Waals surface area contributed by atoms with Crippen LogP contribution in [0.4, 0.5) is 0 Å². The van der Waals surface area contributed by atoms with E-state index in [9.17, 15) is 14.4 Å². The molecule has 0 spiro atoms. The fraction of sp³-hybridized carbons (Fsp3) is 0.853. The monoisotopic (exact) mass is 555 g/mol. The number of nitrogens with zero attached hydrogens (tertiary/aromatic N) is 1. The molecular weight excluding hydrogens is 502 g/mol. The third-order valence-corrected chi connectivity index (χ3v) is 13.9. The normalized spacial score (nSPS) is 47.5. The van der Waals surface area contributed by atoms with Crippen LogP contribution in [-0.2, 0) is 24.0 Å². The molecular formula is C34H53NO5. The van der Waals surface area contributed by atoms with Crippen molar-refractivity contribution in [3.63, 3.8) is 0 Å². The van der Waals surface area contributed by atoms with Crippen LogP contribution in [0.5, 0.6) is 0 Å². The summed E-state index contributed by atoms with van der Waals surface area (Å²) in [5.74, 6) is 0.591. The van der Waals surface area contributed by atoms with Crippen molar-refractivity contribution in [1.29, 1.82) is 0 Å². The van der Waals surface area contributed by atoms with Crippen LogP contribution >= 0.6 is 0 Å². The van der Waals surface area contributed by atoms with Gasteiger partial charge in [0.05, 0.1) is 7.11 Å². The van der Waals surface area contributed by atoms with Gasteiger partial charge in [-0.25, -0.2) is 5.06 Å². The number of hydroxylamine groups is 2. The molecule has 40 heavy (non-hydrogen) atoms. The highest BCUT2D eigenvalue weighted by molar-refractivity contribution is 5.95. The zero-order valence-electron chi connectivity index (χ0n) is 26.7. The molecule has 0 saturated heterocycles. The molecule has 0 bridgehead atoms. The number of ketones is 1. The number of ether oxygens (including phenoxy) is 1. The predicted octanol–water partition coefficient (Wildman–Crippen LogP) is 6.92. The third kappa shape index (κ3) is 3.86. The Balaban J connectivity index is 1.55. The molecule has 4 fully saturated rings. The number of esters is 1. The van der Waals surface area contributed by atoms with E-state index in [1.165, 1.54) is 17.6 Å². The van der Waals surface area contributed by atoms with Gasteiger partial charge in [0.25, 0.3) is 5.91 Å². The summed E-state index contributed by atoms with van der Waals surface area (Å²) >= 11 is 0. The number of hydrogen-bond donors (Lipinski definition) is 0. The van der Waals surface area contributed by atoms with E-state index in [1.54, 1.807) is 14.2 Å². The first-order chi connectivity index (χ1) is 18.4. The summed E-state index contributed by atoms with van der Waals surface area (Å²) in [5, 5.41) is 1.39. The summed E-state index contributed by atoms with van der Waals surface area (Å²) in [6, 6.07) is 0. The predicted molar refractivity (Wildman–Crippen MR) is 155 cm³/mol. The number of fused-ring (bicyclic) bond motifs is 7. The Hall–Kier alpha value is -1.69. The van der Waals surface area contributed by atoms with Gasteiger partial charge in [-0.15, -0.1) is 0 Å². The Morgan fingerprint density at radius 2 is 1.57 bits per heavy atom. The maximum Gasteiger partial charge on any atom is 0.302 e. The second-order valence-corrected chi connectivity index (χ2v) is 16.2. The molecule has 5 aliphatic rings. The van der Waals surface area contributed by atoms with E-state index in [4.69, 9.17) is 9.57 Å². The van der Waals surface area contributed by atoms with Crippen molar-refractivity contribution >= 4 is 17.7 Å². The van der Waals surface area contributed by atoms with Crippen molar-refractivity contribution in [3.8, 4) is 0 Å².